The summed E-state index contributed by atoms with van der Waals surface area (Å²) in [6.07, 6.45) is 1.90. The van der Waals surface area contributed by atoms with Crippen LogP contribution >= 0.6 is 0 Å². The minimum atomic E-state index is -3.17. The van der Waals surface area contributed by atoms with Crippen molar-refractivity contribution in [2.45, 2.75) is 44.4 Å². The van der Waals surface area contributed by atoms with E-state index in [1.54, 1.807) is 27.8 Å². The first-order chi connectivity index (χ1) is 6.64. The van der Waals surface area contributed by atoms with Gasteiger partial charge in [-0.25, -0.2) is 12.7 Å². The number of nitrogens with zero attached hydrogens (tertiary/aromatic N) is 1. The lowest BCUT2D eigenvalue weighted by Crippen LogP contribution is -2.47. The van der Waals surface area contributed by atoms with E-state index in [1.165, 1.54) is 4.31 Å². The van der Waals surface area contributed by atoms with Crippen LogP contribution in [0.2, 0.25) is 0 Å². The topological polar surface area (TPSA) is 63.4 Å². The quantitative estimate of drug-likeness (QED) is 0.785. The molecule has 0 spiro atoms. The molecule has 90 valence electrons. The van der Waals surface area contributed by atoms with Crippen molar-refractivity contribution < 1.29 is 8.42 Å². The minimum absolute atomic E-state index is 0.278. The fourth-order valence-electron chi connectivity index (χ4n) is 1.87. The average Bonchev–Trinajstić information content (AvgIpc) is 1.99. The molecule has 0 aromatic carbocycles. The summed E-state index contributed by atoms with van der Waals surface area (Å²) in [5, 5.41) is 0. The van der Waals surface area contributed by atoms with E-state index in [0.29, 0.717) is 12.5 Å². The number of sulfonamides is 1. The van der Waals surface area contributed by atoms with Gasteiger partial charge in [-0.1, -0.05) is 0 Å². The Hall–Kier alpha value is -0.130. The molecule has 0 aromatic rings. The molecule has 0 atom stereocenters. The van der Waals surface area contributed by atoms with E-state index in [-0.39, 0.29) is 6.04 Å². The fourth-order valence-corrected chi connectivity index (χ4v) is 3.21. The summed E-state index contributed by atoms with van der Waals surface area (Å²) >= 11 is 0. The van der Waals surface area contributed by atoms with Gasteiger partial charge in [0, 0.05) is 19.6 Å². The van der Waals surface area contributed by atoms with Crippen molar-refractivity contribution in [1.82, 2.24) is 4.31 Å². The second-order valence-electron chi connectivity index (χ2n) is 5.50. The van der Waals surface area contributed by atoms with Gasteiger partial charge in [-0.15, -0.1) is 0 Å². The molecule has 1 aliphatic carbocycles. The maximum Gasteiger partial charge on any atom is 0.218 e. The van der Waals surface area contributed by atoms with Gasteiger partial charge in [-0.05, 0) is 39.5 Å². The molecule has 2 N–H and O–H groups in total. The number of rotatable bonds is 3. The Bertz CT molecular complexity index is 313. The molecule has 0 aliphatic heterocycles. The van der Waals surface area contributed by atoms with E-state index in [2.05, 4.69) is 0 Å². The molecule has 1 saturated carbocycles. The van der Waals surface area contributed by atoms with Crippen LogP contribution in [0.15, 0.2) is 0 Å². The maximum absolute atomic E-state index is 12.0. The third-order valence-corrected chi connectivity index (χ3v) is 5.49. The fraction of sp³-hybridized carbons (Fsp3) is 1.00. The molecule has 0 heterocycles. The van der Waals surface area contributed by atoms with Crippen molar-refractivity contribution in [2.75, 3.05) is 13.6 Å². The highest BCUT2D eigenvalue weighted by Gasteiger charge is 2.36. The lowest BCUT2D eigenvalue weighted by atomic mass is 9.81. The zero-order chi connectivity index (χ0) is 11.9. The summed E-state index contributed by atoms with van der Waals surface area (Å²) in [6.45, 7) is 5.79. The highest BCUT2D eigenvalue weighted by Crippen LogP contribution is 2.28. The van der Waals surface area contributed by atoms with Gasteiger partial charge in [0.15, 0.2) is 0 Å². The first-order valence-electron chi connectivity index (χ1n) is 5.36. The van der Waals surface area contributed by atoms with Crippen molar-refractivity contribution >= 4 is 10.0 Å². The zero-order valence-electron chi connectivity index (χ0n) is 10.0. The van der Waals surface area contributed by atoms with E-state index in [4.69, 9.17) is 5.73 Å². The Kier molecular flexibility index (Phi) is 3.48. The number of nitrogens with two attached hydrogens (primary N) is 1. The third kappa shape index (κ3) is 2.71. The Labute approximate surface area is 92.9 Å². The van der Waals surface area contributed by atoms with Gasteiger partial charge in [0.05, 0.1) is 4.75 Å². The largest absolute Gasteiger partial charge is 0.328 e. The number of hydrogen-bond donors (Lipinski definition) is 1. The smallest absolute Gasteiger partial charge is 0.218 e. The molecule has 1 rings (SSSR count). The van der Waals surface area contributed by atoms with Crippen LogP contribution in [0.5, 0.6) is 0 Å². The van der Waals surface area contributed by atoms with Crippen molar-refractivity contribution in [3.63, 3.8) is 0 Å². The average molecular weight is 234 g/mol. The molecular weight excluding hydrogens is 212 g/mol. The molecule has 0 aromatic heterocycles. The van der Waals surface area contributed by atoms with Crippen molar-refractivity contribution in [3.05, 3.63) is 0 Å². The summed E-state index contributed by atoms with van der Waals surface area (Å²) in [4.78, 5) is 0. The highest BCUT2D eigenvalue weighted by molar-refractivity contribution is 7.90. The van der Waals surface area contributed by atoms with Gasteiger partial charge in [-0.3, -0.25) is 0 Å². The Morgan fingerprint density at radius 3 is 2.13 bits per heavy atom. The standard InChI is InChI=1S/C10H22N2O2S/c1-10(2,3)15(13,14)12(4)7-8-5-9(11)6-8/h8-9H,5-7,11H2,1-4H3. The lowest BCUT2D eigenvalue weighted by molar-refractivity contribution is 0.225. The maximum atomic E-state index is 12.0. The van der Waals surface area contributed by atoms with Crippen molar-refractivity contribution in [3.8, 4) is 0 Å². The first kappa shape index (κ1) is 12.9. The molecule has 5 heteroatoms. The SMILES string of the molecule is CN(CC1CC(N)C1)S(=O)(=O)C(C)(C)C. The van der Waals surface area contributed by atoms with Gasteiger partial charge in [-0.2, -0.15) is 0 Å². The van der Waals surface area contributed by atoms with Crippen LogP contribution in [-0.4, -0.2) is 37.1 Å². The van der Waals surface area contributed by atoms with Crippen LogP contribution < -0.4 is 5.73 Å². The minimum Gasteiger partial charge on any atom is -0.328 e. The van der Waals surface area contributed by atoms with Crippen LogP contribution in [0.4, 0.5) is 0 Å². The van der Waals surface area contributed by atoms with E-state index < -0.39 is 14.8 Å². The van der Waals surface area contributed by atoms with Gasteiger partial charge >= 0.3 is 0 Å². The predicted molar refractivity (Wildman–Crippen MR) is 62.0 cm³/mol. The summed E-state index contributed by atoms with van der Waals surface area (Å²) in [6, 6.07) is 0.278. The normalized spacial score (nSPS) is 27.9. The molecule has 0 amide bonds. The van der Waals surface area contributed by atoms with Gasteiger partial charge in [0.2, 0.25) is 10.0 Å². The van der Waals surface area contributed by atoms with Crippen LogP contribution in [0, 0.1) is 5.92 Å². The Balaban J connectivity index is 2.57. The predicted octanol–water partition coefficient (Wildman–Crippen LogP) is 0.784. The summed E-state index contributed by atoms with van der Waals surface area (Å²) < 4.78 is 24.8. The number of hydrogen-bond acceptors (Lipinski definition) is 3. The summed E-state index contributed by atoms with van der Waals surface area (Å²) in [5.74, 6) is 0.446. The van der Waals surface area contributed by atoms with Gasteiger partial charge in [0.1, 0.15) is 0 Å². The van der Waals surface area contributed by atoms with Gasteiger partial charge < -0.3 is 5.73 Å². The van der Waals surface area contributed by atoms with Crippen LogP contribution in [0.25, 0.3) is 0 Å². The van der Waals surface area contributed by atoms with Crippen LogP contribution in [-0.2, 0) is 10.0 Å². The molecule has 0 unspecified atom stereocenters. The monoisotopic (exact) mass is 234 g/mol. The highest BCUT2D eigenvalue weighted by atomic mass is 32.2. The van der Waals surface area contributed by atoms with Crippen molar-refractivity contribution in [2.24, 2.45) is 11.7 Å². The molecule has 1 fully saturated rings. The van der Waals surface area contributed by atoms with Gasteiger partial charge in [0.25, 0.3) is 0 Å². The van der Waals surface area contributed by atoms with Crippen molar-refractivity contribution in [1.29, 1.82) is 0 Å². The van der Waals surface area contributed by atoms with E-state index in [1.807, 2.05) is 0 Å². The summed E-state index contributed by atoms with van der Waals surface area (Å²) in [5.41, 5.74) is 5.67. The molecule has 4 nitrogen and oxygen atoms in total. The molecule has 1 aliphatic rings. The van der Waals surface area contributed by atoms with E-state index in [9.17, 15) is 8.42 Å². The Morgan fingerprint density at radius 1 is 1.33 bits per heavy atom. The second-order valence-corrected chi connectivity index (χ2v) is 8.29. The first-order valence-corrected chi connectivity index (χ1v) is 6.80. The van der Waals surface area contributed by atoms with E-state index >= 15 is 0 Å². The summed E-state index contributed by atoms with van der Waals surface area (Å²) in [7, 11) is -1.52. The lowest BCUT2D eigenvalue weighted by Gasteiger charge is -2.36. The molecule has 15 heavy (non-hydrogen) atoms. The van der Waals surface area contributed by atoms with Crippen LogP contribution in [0.3, 0.4) is 0 Å². The molecule has 0 saturated heterocycles. The third-order valence-electron chi connectivity index (χ3n) is 2.97. The van der Waals surface area contributed by atoms with E-state index in [0.717, 1.165) is 12.8 Å². The zero-order valence-corrected chi connectivity index (χ0v) is 10.8. The van der Waals surface area contributed by atoms with Crippen LogP contribution in [0.1, 0.15) is 33.6 Å². The molecule has 0 bridgehead atoms. The Morgan fingerprint density at radius 2 is 1.80 bits per heavy atom. The second kappa shape index (κ2) is 4.03. The molecule has 0 radical (unpaired) electrons. The molecular formula is C10H22N2O2S.